The number of carbonyl (C=O) groups is 1. The van der Waals surface area contributed by atoms with Crippen LogP contribution in [0.1, 0.15) is 42.6 Å². The van der Waals surface area contributed by atoms with Gasteiger partial charge in [0, 0.05) is 12.0 Å². The van der Waals surface area contributed by atoms with E-state index < -0.39 is 11.7 Å². The molecule has 1 nitrogen and oxygen atoms in total. The fraction of sp³-hybridized carbons (Fsp3) is 0.462. The smallest absolute Gasteiger partial charge is 0.294 e. The van der Waals surface area contributed by atoms with Crippen molar-refractivity contribution in [2.75, 3.05) is 0 Å². The molecule has 0 saturated carbocycles. The van der Waals surface area contributed by atoms with Crippen molar-refractivity contribution in [1.82, 2.24) is 0 Å². The van der Waals surface area contributed by atoms with Gasteiger partial charge in [-0.15, -0.1) is 0 Å². The summed E-state index contributed by atoms with van der Waals surface area (Å²) in [5.41, 5.74) is -0.631. The molecule has 4 heteroatoms. The van der Waals surface area contributed by atoms with Crippen molar-refractivity contribution < 1.29 is 18.0 Å². The van der Waals surface area contributed by atoms with Crippen molar-refractivity contribution in [3.8, 4) is 0 Å². The lowest BCUT2D eigenvalue weighted by atomic mass is 10.00. The molecule has 0 aliphatic carbocycles. The van der Waals surface area contributed by atoms with Gasteiger partial charge in [0.2, 0.25) is 0 Å². The first-order valence-electron chi connectivity index (χ1n) is 5.51. The van der Waals surface area contributed by atoms with Crippen molar-refractivity contribution in [2.24, 2.45) is 5.92 Å². The van der Waals surface area contributed by atoms with Crippen LogP contribution in [0.4, 0.5) is 13.2 Å². The number of alkyl halides is 3. The lowest BCUT2D eigenvalue weighted by Crippen LogP contribution is -2.08. The number of halogens is 3. The van der Waals surface area contributed by atoms with Gasteiger partial charge in [-0.2, -0.15) is 13.2 Å². The number of carbonyl (C=O) groups excluding carboxylic acids is 1. The molecule has 94 valence electrons. The van der Waals surface area contributed by atoms with Gasteiger partial charge in [-0.25, -0.2) is 0 Å². The lowest BCUT2D eigenvalue weighted by molar-refractivity contribution is -0.137. The van der Waals surface area contributed by atoms with Crippen LogP contribution < -0.4 is 0 Å². The van der Waals surface area contributed by atoms with Crippen molar-refractivity contribution >= 4 is 5.78 Å². The van der Waals surface area contributed by atoms with Crippen LogP contribution in [0.2, 0.25) is 0 Å². The van der Waals surface area contributed by atoms with Crippen LogP contribution in [0.3, 0.4) is 0 Å². The summed E-state index contributed by atoms with van der Waals surface area (Å²) in [6.45, 7) is 3.94. The summed E-state index contributed by atoms with van der Waals surface area (Å²) in [5, 5.41) is 0. The van der Waals surface area contributed by atoms with Gasteiger partial charge in [0.1, 0.15) is 0 Å². The van der Waals surface area contributed by atoms with Gasteiger partial charge >= 0.3 is 6.18 Å². The topological polar surface area (TPSA) is 17.1 Å². The zero-order chi connectivity index (χ0) is 13.1. The highest BCUT2D eigenvalue weighted by molar-refractivity contribution is 5.96. The monoisotopic (exact) mass is 244 g/mol. The first kappa shape index (κ1) is 13.7. The second-order valence-electron chi connectivity index (χ2n) is 4.43. The van der Waals surface area contributed by atoms with E-state index in [4.69, 9.17) is 0 Å². The van der Waals surface area contributed by atoms with E-state index in [0.717, 1.165) is 12.1 Å². The van der Waals surface area contributed by atoms with Crippen LogP contribution in [-0.4, -0.2) is 5.78 Å². The van der Waals surface area contributed by atoms with Crippen LogP contribution in [0.15, 0.2) is 24.3 Å². The quantitative estimate of drug-likeness (QED) is 0.721. The minimum Gasteiger partial charge on any atom is -0.294 e. The number of ketones is 1. The second-order valence-corrected chi connectivity index (χ2v) is 4.43. The molecule has 0 unspecified atom stereocenters. The Kier molecular flexibility index (Phi) is 4.32. The second kappa shape index (κ2) is 5.34. The fourth-order valence-electron chi connectivity index (χ4n) is 1.43. The van der Waals surface area contributed by atoms with E-state index in [1.165, 1.54) is 12.1 Å². The van der Waals surface area contributed by atoms with Crippen molar-refractivity contribution in [1.29, 1.82) is 0 Å². The highest BCUT2D eigenvalue weighted by Crippen LogP contribution is 2.29. The van der Waals surface area contributed by atoms with Gasteiger partial charge in [-0.05, 0) is 24.5 Å². The molecule has 0 fully saturated rings. The SMILES string of the molecule is CC(C)CCC(=O)c1cccc(C(F)(F)F)c1. The number of hydrogen-bond acceptors (Lipinski definition) is 1. The van der Waals surface area contributed by atoms with Crippen LogP contribution in [0.25, 0.3) is 0 Å². The molecule has 0 N–H and O–H groups in total. The third-order valence-electron chi connectivity index (χ3n) is 2.46. The molecule has 1 aromatic carbocycles. The van der Waals surface area contributed by atoms with Gasteiger partial charge in [0.05, 0.1) is 5.56 Å². The molecule has 1 rings (SSSR count). The third kappa shape index (κ3) is 4.21. The van der Waals surface area contributed by atoms with Crippen LogP contribution >= 0.6 is 0 Å². The highest BCUT2D eigenvalue weighted by atomic mass is 19.4. The number of rotatable bonds is 4. The predicted octanol–water partition coefficient (Wildman–Crippen LogP) is 4.32. The summed E-state index contributed by atoms with van der Waals surface area (Å²) in [7, 11) is 0. The molecule has 0 aliphatic rings. The van der Waals surface area contributed by atoms with Crippen LogP contribution in [0, 0.1) is 5.92 Å². The molecular formula is C13H15F3O. The molecule has 0 radical (unpaired) electrons. The summed E-state index contributed by atoms with van der Waals surface area (Å²) in [5.74, 6) is 0.134. The maximum absolute atomic E-state index is 12.4. The Morgan fingerprint density at radius 3 is 2.47 bits per heavy atom. The molecule has 1 aromatic rings. The largest absolute Gasteiger partial charge is 0.416 e. The zero-order valence-corrected chi connectivity index (χ0v) is 9.84. The molecular weight excluding hydrogens is 229 g/mol. The Labute approximate surface area is 98.6 Å². The van der Waals surface area contributed by atoms with E-state index in [-0.39, 0.29) is 11.3 Å². The van der Waals surface area contributed by atoms with Gasteiger partial charge in [-0.3, -0.25) is 4.79 Å². The molecule has 0 amide bonds. The number of benzene rings is 1. The Hall–Kier alpha value is -1.32. The number of Topliss-reactive ketones (excluding diaryl/α,β-unsaturated/α-hetero) is 1. The van der Waals surface area contributed by atoms with E-state index in [1.807, 2.05) is 13.8 Å². The van der Waals surface area contributed by atoms with Gasteiger partial charge in [-0.1, -0.05) is 26.0 Å². The summed E-state index contributed by atoms with van der Waals surface area (Å²) in [4.78, 5) is 11.7. The fourth-order valence-corrected chi connectivity index (χ4v) is 1.43. The standard InChI is InChI=1S/C13H15F3O/c1-9(2)6-7-12(17)10-4-3-5-11(8-10)13(14,15)16/h3-5,8-9H,6-7H2,1-2H3. The Balaban J connectivity index is 2.81. The molecule has 17 heavy (non-hydrogen) atoms. The minimum atomic E-state index is -4.39. The zero-order valence-electron chi connectivity index (χ0n) is 9.84. The molecule has 0 heterocycles. The van der Waals surface area contributed by atoms with Gasteiger partial charge in [0.25, 0.3) is 0 Å². The molecule has 0 aromatic heterocycles. The Bertz CT molecular complexity index is 394. The molecule has 0 aliphatic heterocycles. The van der Waals surface area contributed by atoms with E-state index in [1.54, 1.807) is 0 Å². The van der Waals surface area contributed by atoms with E-state index in [9.17, 15) is 18.0 Å². The van der Waals surface area contributed by atoms with Crippen molar-refractivity contribution in [2.45, 2.75) is 32.9 Å². The summed E-state index contributed by atoms with van der Waals surface area (Å²) in [6.07, 6.45) is -3.41. The molecule has 0 saturated heterocycles. The molecule has 0 atom stereocenters. The Morgan fingerprint density at radius 2 is 1.94 bits per heavy atom. The molecule has 0 bridgehead atoms. The predicted molar refractivity (Wildman–Crippen MR) is 59.8 cm³/mol. The summed E-state index contributed by atoms with van der Waals surface area (Å²) in [6, 6.07) is 4.59. The third-order valence-corrected chi connectivity index (χ3v) is 2.46. The van der Waals surface area contributed by atoms with E-state index in [2.05, 4.69) is 0 Å². The van der Waals surface area contributed by atoms with Gasteiger partial charge in [0.15, 0.2) is 5.78 Å². The Morgan fingerprint density at radius 1 is 1.29 bits per heavy atom. The van der Waals surface area contributed by atoms with E-state index >= 15 is 0 Å². The highest BCUT2D eigenvalue weighted by Gasteiger charge is 2.30. The maximum Gasteiger partial charge on any atom is 0.416 e. The summed E-state index contributed by atoms with van der Waals surface area (Å²) >= 11 is 0. The van der Waals surface area contributed by atoms with Gasteiger partial charge < -0.3 is 0 Å². The summed E-state index contributed by atoms with van der Waals surface area (Å²) < 4.78 is 37.3. The lowest BCUT2D eigenvalue weighted by Gasteiger charge is -2.08. The first-order valence-corrected chi connectivity index (χ1v) is 5.51. The van der Waals surface area contributed by atoms with E-state index in [0.29, 0.717) is 18.8 Å². The minimum absolute atomic E-state index is 0.139. The van der Waals surface area contributed by atoms with Crippen LogP contribution in [-0.2, 0) is 6.18 Å². The van der Waals surface area contributed by atoms with Crippen LogP contribution in [0.5, 0.6) is 0 Å². The number of hydrogen-bond donors (Lipinski definition) is 0. The first-order chi connectivity index (χ1) is 7.80. The maximum atomic E-state index is 12.4. The van der Waals surface area contributed by atoms with Crippen molar-refractivity contribution in [3.63, 3.8) is 0 Å². The normalized spacial score (nSPS) is 11.9. The van der Waals surface area contributed by atoms with Crippen molar-refractivity contribution in [3.05, 3.63) is 35.4 Å². The average molecular weight is 244 g/mol. The molecule has 0 spiro atoms. The average Bonchev–Trinajstić information content (AvgIpc) is 2.25.